The summed E-state index contributed by atoms with van der Waals surface area (Å²) in [5, 5.41) is 8.19. The summed E-state index contributed by atoms with van der Waals surface area (Å²) in [5.74, 6) is 1.17. The van der Waals surface area contributed by atoms with Gasteiger partial charge in [-0.15, -0.1) is 5.10 Å². The number of aromatic nitrogens is 3. The van der Waals surface area contributed by atoms with Crippen LogP contribution in [-0.2, 0) is 24.1 Å². The van der Waals surface area contributed by atoms with Crippen LogP contribution in [-0.4, -0.2) is 34.7 Å². The molecule has 7 nitrogen and oxygen atoms in total. The zero-order chi connectivity index (χ0) is 20.9. The molecule has 1 aromatic heterocycles. The van der Waals surface area contributed by atoms with E-state index < -0.39 is 5.97 Å². The summed E-state index contributed by atoms with van der Waals surface area (Å²) in [6, 6.07) is 13.7. The van der Waals surface area contributed by atoms with Crippen molar-refractivity contribution in [2.24, 2.45) is 0 Å². The van der Waals surface area contributed by atoms with Gasteiger partial charge in [-0.1, -0.05) is 23.4 Å². The number of nitrogens with zero attached hydrogens (tertiary/aromatic N) is 3. The molecule has 1 aliphatic rings. The molecule has 0 atom stereocenters. The van der Waals surface area contributed by atoms with E-state index in [9.17, 15) is 4.79 Å². The van der Waals surface area contributed by atoms with Crippen molar-refractivity contribution in [1.82, 2.24) is 15.0 Å². The summed E-state index contributed by atoms with van der Waals surface area (Å²) in [6.45, 7) is 2.41. The number of carbonyl (C=O) groups excluding carboxylic acids is 1. The molecule has 0 saturated carbocycles. The molecular formula is C23H25N3O4. The van der Waals surface area contributed by atoms with Crippen LogP contribution in [0.15, 0.2) is 42.5 Å². The number of esters is 1. The Morgan fingerprint density at radius 3 is 2.50 bits per heavy atom. The van der Waals surface area contributed by atoms with Gasteiger partial charge in [0.15, 0.2) is 0 Å². The molecule has 0 spiro atoms. The summed E-state index contributed by atoms with van der Waals surface area (Å²) in [5.41, 5.74) is 3.71. The smallest absolute Gasteiger partial charge is 0.364 e. The lowest BCUT2D eigenvalue weighted by Gasteiger charge is -2.17. The Balaban J connectivity index is 1.64. The maximum Gasteiger partial charge on any atom is 0.364 e. The van der Waals surface area contributed by atoms with E-state index in [-0.39, 0.29) is 18.2 Å². The van der Waals surface area contributed by atoms with Crippen molar-refractivity contribution in [1.29, 1.82) is 0 Å². The standard InChI is InChI=1S/C23H25N3O4/c1-3-29-23(27)21-22(30-20-13-10-17-6-4-5-7-18(17)14-20)26(25-24-21)15-16-8-11-19(28-2)12-9-16/h8-14H,3-7,15H2,1-2H3. The number of carbonyl (C=O) groups is 1. The third-order valence-electron chi connectivity index (χ3n) is 5.18. The summed E-state index contributed by atoms with van der Waals surface area (Å²) in [4.78, 5) is 12.4. The van der Waals surface area contributed by atoms with Crippen LogP contribution in [0.3, 0.4) is 0 Å². The number of aryl methyl sites for hydroxylation is 2. The van der Waals surface area contributed by atoms with Gasteiger partial charge in [-0.05, 0) is 73.6 Å². The zero-order valence-corrected chi connectivity index (χ0v) is 17.3. The van der Waals surface area contributed by atoms with E-state index in [0.29, 0.717) is 12.3 Å². The molecule has 4 rings (SSSR count). The molecule has 0 radical (unpaired) electrons. The van der Waals surface area contributed by atoms with E-state index in [0.717, 1.165) is 24.2 Å². The van der Waals surface area contributed by atoms with Gasteiger partial charge in [-0.2, -0.15) is 0 Å². The number of methoxy groups -OCH3 is 1. The molecular weight excluding hydrogens is 382 g/mol. The zero-order valence-electron chi connectivity index (χ0n) is 17.3. The van der Waals surface area contributed by atoms with Gasteiger partial charge in [0.2, 0.25) is 5.69 Å². The molecule has 0 bridgehead atoms. The third-order valence-corrected chi connectivity index (χ3v) is 5.18. The van der Waals surface area contributed by atoms with E-state index in [1.54, 1.807) is 18.7 Å². The molecule has 0 saturated heterocycles. The van der Waals surface area contributed by atoms with Crippen molar-refractivity contribution in [2.75, 3.05) is 13.7 Å². The largest absolute Gasteiger partial charge is 0.497 e. The summed E-state index contributed by atoms with van der Waals surface area (Å²) in [7, 11) is 1.63. The Kier molecular flexibility index (Phi) is 5.97. The van der Waals surface area contributed by atoms with Gasteiger partial charge in [0, 0.05) is 0 Å². The first-order valence-corrected chi connectivity index (χ1v) is 10.2. The van der Waals surface area contributed by atoms with E-state index in [1.807, 2.05) is 36.4 Å². The average molecular weight is 407 g/mol. The first-order valence-electron chi connectivity index (χ1n) is 10.2. The highest BCUT2D eigenvalue weighted by atomic mass is 16.5. The lowest BCUT2D eigenvalue weighted by Crippen LogP contribution is -2.09. The topological polar surface area (TPSA) is 75.5 Å². The summed E-state index contributed by atoms with van der Waals surface area (Å²) < 4.78 is 18.1. The third kappa shape index (κ3) is 4.30. The highest BCUT2D eigenvalue weighted by Gasteiger charge is 2.24. The second kappa shape index (κ2) is 8.98. The predicted molar refractivity (Wildman–Crippen MR) is 111 cm³/mol. The van der Waals surface area contributed by atoms with E-state index in [2.05, 4.69) is 16.4 Å². The van der Waals surface area contributed by atoms with Crippen LogP contribution in [0.4, 0.5) is 0 Å². The Morgan fingerprint density at radius 2 is 1.77 bits per heavy atom. The number of hydrogen-bond donors (Lipinski definition) is 0. The molecule has 0 fully saturated rings. The van der Waals surface area contributed by atoms with Gasteiger partial charge in [0.25, 0.3) is 5.88 Å². The van der Waals surface area contributed by atoms with Crippen LogP contribution < -0.4 is 9.47 Å². The first kappa shape index (κ1) is 19.9. The number of hydrogen-bond acceptors (Lipinski definition) is 6. The number of fused-ring (bicyclic) bond motifs is 1. The first-order chi connectivity index (χ1) is 14.7. The molecule has 1 aliphatic carbocycles. The van der Waals surface area contributed by atoms with Gasteiger partial charge >= 0.3 is 5.97 Å². The number of benzene rings is 2. The SMILES string of the molecule is CCOC(=O)c1nnn(Cc2ccc(OC)cc2)c1Oc1ccc2c(c1)CCCC2. The predicted octanol–water partition coefficient (Wildman–Crippen LogP) is 4.18. The molecule has 0 aliphatic heterocycles. The minimum atomic E-state index is -0.550. The fraction of sp³-hybridized carbons (Fsp3) is 0.348. The maximum atomic E-state index is 12.4. The van der Waals surface area contributed by atoms with Crippen LogP contribution in [0.25, 0.3) is 0 Å². The molecule has 3 aromatic rings. The lowest BCUT2D eigenvalue weighted by molar-refractivity contribution is 0.0516. The van der Waals surface area contributed by atoms with Gasteiger partial charge in [-0.3, -0.25) is 0 Å². The molecule has 156 valence electrons. The monoisotopic (exact) mass is 407 g/mol. The fourth-order valence-electron chi connectivity index (χ4n) is 3.63. The van der Waals surface area contributed by atoms with E-state index in [1.165, 1.54) is 24.0 Å². The van der Waals surface area contributed by atoms with E-state index >= 15 is 0 Å². The Morgan fingerprint density at radius 1 is 1.03 bits per heavy atom. The normalized spacial score (nSPS) is 12.9. The van der Waals surface area contributed by atoms with Crippen LogP contribution in [0.1, 0.15) is 46.9 Å². The van der Waals surface area contributed by atoms with Gasteiger partial charge in [0.1, 0.15) is 11.5 Å². The average Bonchev–Trinajstić information content (AvgIpc) is 3.16. The van der Waals surface area contributed by atoms with Gasteiger partial charge in [-0.25, -0.2) is 9.48 Å². The molecule has 30 heavy (non-hydrogen) atoms. The van der Waals surface area contributed by atoms with Crippen molar-refractivity contribution >= 4 is 5.97 Å². The highest BCUT2D eigenvalue weighted by molar-refractivity contribution is 5.89. The number of rotatable bonds is 7. The van der Waals surface area contributed by atoms with Crippen molar-refractivity contribution in [3.8, 4) is 17.4 Å². The van der Waals surface area contributed by atoms with Gasteiger partial charge in [0.05, 0.1) is 20.3 Å². The summed E-state index contributed by atoms with van der Waals surface area (Å²) in [6.07, 6.45) is 4.54. The minimum absolute atomic E-state index is 0.0723. The second-order valence-corrected chi connectivity index (χ2v) is 7.21. The molecule has 0 amide bonds. The van der Waals surface area contributed by atoms with Gasteiger partial charge < -0.3 is 14.2 Å². The number of ether oxygens (including phenoxy) is 3. The lowest BCUT2D eigenvalue weighted by atomic mass is 9.92. The van der Waals surface area contributed by atoms with E-state index in [4.69, 9.17) is 14.2 Å². The van der Waals surface area contributed by atoms with Crippen LogP contribution >= 0.6 is 0 Å². The summed E-state index contributed by atoms with van der Waals surface area (Å²) >= 11 is 0. The van der Waals surface area contributed by atoms with Crippen molar-refractivity contribution in [3.63, 3.8) is 0 Å². The molecule has 0 N–H and O–H groups in total. The quantitative estimate of drug-likeness (QED) is 0.547. The highest BCUT2D eigenvalue weighted by Crippen LogP contribution is 2.30. The van der Waals surface area contributed by atoms with Crippen LogP contribution in [0.5, 0.6) is 17.4 Å². The Labute approximate surface area is 175 Å². The van der Waals surface area contributed by atoms with Crippen molar-refractivity contribution in [2.45, 2.75) is 39.2 Å². The molecule has 0 unspecified atom stereocenters. The van der Waals surface area contributed by atoms with Crippen LogP contribution in [0, 0.1) is 0 Å². The maximum absolute atomic E-state index is 12.4. The van der Waals surface area contributed by atoms with Crippen LogP contribution in [0.2, 0.25) is 0 Å². The van der Waals surface area contributed by atoms with Crippen molar-refractivity contribution in [3.05, 3.63) is 64.8 Å². The molecule has 7 heteroatoms. The van der Waals surface area contributed by atoms with Crippen molar-refractivity contribution < 1.29 is 19.0 Å². The Hall–Kier alpha value is -3.35. The Bertz CT molecular complexity index is 1030. The molecule has 2 aromatic carbocycles. The minimum Gasteiger partial charge on any atom is -0.497 e. The molecule has 1 heterocycles. The fourth-order valence-corrected chi connectivity index (χ4v) is 3.63. The second-order valence-electron chi connectivity index (χ2n) is 7.21.